The number of H-pyrrole nitrogens is 1. The largest absolute Gasteiger partial charge is 0.344 e. The van der Waals surface area contributed by atoms with Crippen molar-refractivity contribution in [2.45, 2.75) is 37.3 Å². The van der Waals surface area contributed by atoms with Gasteiger partial charge >= 0.3 is 0 Å². The van der Waals surface area contributed by atoms with Crippen molar-refractivity contribution in [3.05, 3.63) is 58.9 Å². The highest BCUT2D eigenvalue weighted by molar-refractivity contribution is 7.04. The second-order valence-electron chi connectivity index (χ2n) is 8.58. The Morgan fingerprint density at radius 3 is 3.03 bits per heavy atom. The van der Waals surface area contributed by atoms with Gasteiger partial charge in [0.05, 0.1) is 22.6 Å². The van der Waals surface area contributed by atoms with E-state index in [1.165, 1.54) is 23.7 Å². The molecule has 1 aliphatic heterocycles. The Labute approximate surface area is 186 Å². The minimum Gasteiger partial charge on any atom is -0.344 e. The maximum absolute atomic E-state index is 13.8. The Bertz CT molecular complexity index is 1380. The summed E-state index contributed by atoms with van der Waals surface area (Å²) >= 11 is 1.33. The number of carbonyl (C=O) groups excluding carboxylic acids is 2. The van der Waals surface area contributed by atoms with Gasteiger partial charge in [0.2, 0.25) is 0 Å². The molecule has 1 aliphatic carbocycles. The summed E-state index contributed by atoms with van der Waals surface area (Å²) in [5.74, 6) is -0.771. The molecule has 2 aromatic carbocycles. The van der Waals surface area contributed by atoms with Gasteiger partial charge in [-0.2, -0.15) is 9.47 Å². The fourth-order valence-electron chi connectivity index (χ4n) is 5.40. The molecular weight excluding hydrogens is 429 g/mol. The van der Waals surface area contributed by atoms with E-state index < -0.39 is 11.4 Å². The van der Waals surface area contributed by atoms with E-state index in [9.17, 15) is 14.0 Å². The first-order valence-corrected chi connectivity index (χ1v) is 11.5. The molecule has 6 rings (SSSR count). The first-order chi connectivity index (χ1) is 15.6. The van der Waals surface area contributed by atoms with Crippen molar-refractivity contribution in [1.82, 2.24) is 24.8 Å². The van der Waals surface area contributed by atoms with Crippen LogP contribution in [0.4, 0.5) is 4.39 Å². The molecule has 4 aromatic rings. The zero-order chi connectivity index (χ0) is 21.9. The summed E-state index contributed by atoms with van der Waals surface area (Å²) in [6.07, 6.45) is 3.24. The van der Waals surface area contributed by atoms with Crippen LogP contribution in [0.3, 0.4) is 0 Å². The minimum absolute atomic E-state index is 0.112. The molecule has 2 atom stereocenters. The number of likely N-dealkylation sites (tertiary alicyclic amines) is 1. The summed E-state index contributed by atoms with van der Waals surface area (Å²) in [6, 6.07) is 9.69. The van der Waals surface area contributed by atoms with Crippen LogP contribution in [0.2, 0.25) is 0 Å². The molecule has 2 aliphatic rings. The van der Waals surface area contributed by atoms with Crippen LogP contribution in [0.5, 0.6) is 0 Å². The minimum atomic E-state index is -0.463. The number of rotatable bonds is 3. The van der Waals surface area contributed by atoms with Gasteiger partial charge in [0.15, 0.2) is 5.69 Å². The van der Waals surface area contributed by atoms with Crippen LogP contribution in [0.25, 0.3) is 21.8 Å². The third-order valence-corrected chi connectivity index (χ3v) is 7.56. The van der Waals surface area contributed by atoms with Gasteiger partial charge < -0.3 is 10.2 Å². The number of aromatic nitrogens is 3. The highest BCUT2D eigenvalue weighted by Crippen LogP contribution is 2.43. The second kappa shape index (κ2) is 7.09. The number of halogens is 1. The smallest absolute Gasteiger partial charge is 0.275 e. The van der Waals surface area contributed by atoms with Crippen LogP contribution in [0.15, 0.2) is 41.8 Å². The van der Waals surface area contributed by atoms with E-state index in [1.54, 1.807) is 11.0 Å². The van der Waals surface area contributed by atoms with Crippen molar-refractivity contribution < 1.29 is 14.0 Å². The van der Waals surface area contributed by atoms with Crippen molar-refractivity contribution in [3.63, 3.8) is 0 Å². The predicted octanol–water partition coefficient (Wildman–Crippen LogP) is 3.88. The molecule has 1 saturated heterocycles. The average Bonchev–Trinajstić information content (AvgIpc) is 3.55. The van der Waals surface area contributed by atoms with E-state index >= 15 is 0 Å². The van der Waals surface area contributed by atoms with Crippen molar-refractivity contribution in [1.29, 1.82) is 0 Å². The summed E-state index contributed by atoms with van der Waals surface area (Å²) < 4.78 is 18.1. The van der Waals surface area contributed by atoms with Gasteiger partial charge in [0, 0.05) is 28.3 Å². The number of benzene rings is 2. The standard InChI is InChI=1S/C23H20FN5O2S/c24-13-6-7-17-15(11-13)20(27-26-17)22(31)29-10-9-23(8-2-5-19(23)29)25-21(30)14-3-1-4-18-16(14)12-32-28-18/h1,3-4,6-7,11-12,19H,2,5,8-10H2,(H,25,30)(H,26,27)/t19-,23-/m0/s1. The van der Waals surface area contributed by atoms with Crippen molar-refractivity contribution in [3.8, 4) is 0 Å². The molecule has 7 nitrogen and oxygen atoms in total. The first kappa shape index (κ1) is 19.4. The van der Waals surface area contributed by atoms with Gasteiger partial charge in [0.1, 0.15) is 5.82 Å². The van der Waals surface area contributed by atoms with Crippen LogP contribution in [-0.4, -0.2) is 49.4 Å². The molecule has 2 N–H and O–H groups in total. The van der Waals surface area contributed by atoms with Crippen molar-refractivity contribution in [2.75, 3.05) is 6.54 Å². The highest BCUT2D eigenvalue weighted by atomic mass is 32.1. The van der Waals surface area contributed by atoms with Gasteiger partial charge in [-0.1, -0.05) is 6.07 Å². The molecule has 0 unspecified atom stereocenters. The Morgan fingerprint density at radius 2 is 2.12 bits per heavy atom. The molecule has 1 saturated carbocycles. The first-order valence-electron chi connectivity index (χ1n) is 10.7. The van der Waals surface area contributed by atoms with E-state index in [4.69, 9.17) is 0 Å². The number of fused-ring (bicyclic) bond motifs is 3. The lowest BCUT2D eigenvalue weighted by Gasteiger charge is -2.33. The van der Waals surface area contributed by atoms with Gasteiger partial charge in [-0.05, 0) is 67.5 Å². The van der Waals surface area contributed by atoms with Crippen LogP contribution in [0, 0.1) is 5.82 Å². The molecule has 162 valence electrons. The number of carbonyl (C=O) groups is 2. The number of hydrogen-bond donors (Lipinski definition) is 2. The normalized spacial score (nSPS) is 22.5. The summed E-state index contributed by atoms with van der Waals surface area (Å²) in [5, 5.41) is 13.5. The molecular formula is C23H20FN5O2S. The molecule has 32 heavy (non-hydrogen) atoms. The number of aromatic amines is 1. The molecule has 0 radical (unpaired) electrons. The van der Waals surface area contributed by atoms with Gasteiger partial charge in [-0.25, -0.2) is 4.39 Å². The Hall–Kier alpha value is -3.33. The lowest BCUT2D eigenvalue weighted by molar-refractivity contribution is 0.0691. The van der Waals surface area contributed by atoms with Crippen molar-refractivity contribution >= 4 is 45.2 Å². The molecule has 0 bridgehead atoms. The quantitative estimate of drug-likeness (QED) is 0.497. The second-order valence-corrected chi connectivity index (χ2v) is 9.21. The highest BCUT2D eigenvalue weighted by Gasteiger charge is 2.53. The lowest BCUT2D eigenvalue weighted by Crippen LogP contribution is -2.54. The number of hydrogen-bond acceptors (Lipinski definition) is 5. The molecule has 2 aromatic heterocycles. The summed E-state index contributed by atoms with van der Waals surface area (Å²) in [4.78, 5) is 28.5. The number of nitrogens with one attached hydrogen (secondary N) is 2. The molecule has 0 spiro atoms. The predicted molar refractivity (Wildman–Crippen MR) is 119 cm³/mol. The van der Waals surface area contributed by atoms with Crippen LogP contribution >= 0.6 is 11.5 Å². The Balaban J connectivity index is 1.30. The lowest BCUT2D eigenvalue weighted by atomic mass is 9.92. The van der Waals surface area contributed by atoms with E-state index in [1.807, 2.05) is 23.6 Å². The zero-order valence-corrected chi connectivity index (χ0v) is 17.9. The summed E-state index contributed by atoms with van der Waals surface area (Å²) in [6.45, 7) is 0.525. The SMILES string of the molecule is O=C(N[C@]12CCC[C@@H]1N(C(=O)c1n[nH]c3ccc(F)cc13)CC2)c1cccc2nscc12. The summed E-state index contributed by atoms with van der Waals surface area (Å²) in [5.41, 5.74) is 1.80. The van der Waals surface area contributed by atoms with Gasteiger partial charge in [-0.3, -0.25) is 14.7 Å². The maximum Gasteiger partial charge on any atom is 0.275 e. The fourth-order valence-corrected chi connectivity index (χ4v) is 6.07. The van der Waals surface area contributed by atoms with E-state index in [-0.39, 0.29) is 23.6 Å². The molecule has 2 fully saturated rings. The zero-order valence-electron chi connectivity index (χ0n) is 17.1. The van der Waals surface area contributed by atoms with Crippen LogP contribution in [-0.2, 0) is 0 Å². The topological polar surface area (TPSA) is 91.0 Å². The molecule has 9 heteroatoms. The van der Waals surface area contributed by atoms with Crippen LogP contribution < -0.4 is 5.32 Å². The van der Waals surface area contributed by atoms with E-state index in [0.29, 0.717) is 29.4 Å². The third kappa shape index (κ3) is 2.84. The third-order valence-electron chi connectivity index (χ3n) is 6.91. The van der Waals surface area contributed by atoms with Gasteiger partial charge in [-0.15, -0.1) is 0 Å². The summed E-state index contributed by atoms with van der Waals surface area (Å²) in [7, 11) is 0. The monoisotopic (exact) mass is 449 g/mol. The Kier molecular flexibility index (Phi) is 4.29. The van der Waals surface area contributed by atoms with Crippen LogP contribution in [0.1, 0.15) is 46.5 Å². The fraction of sp³-hybridized carbons (Fsp3) is 0.304. The average molecular weight is 450 g/mol. The maximum atomic E-state index is 13.8. The molecule has 3 heterocycles. The Morgan fingerprint density at radius 1 is 1.22 bits per heavy atom. The van der Waals surface area contributed by atoms with Gasteiger partial charge in [0.25, 0.3) is 11.8 Å². The number of amides is 2. The number of nitrogens with zero attached hydrogens (tertiary/aromatic N) is 3. The molecule has 2 amide bonds. The van der Waals surface area contributed by atoms with E-state index in [2.05, 4.69) is 19.9 Å². The van der Waals surface area contributed by atoms with Crippen molar-refractivity contribution in [2.24, 2.45) is 0 Å². The van der Waals surface area contributed by atoms with E-state index in [0.717, 1.165) is 30.2 Å².